The van der Waals surface area contributed by atoms with Crippen molar-refractivity contribution in [3.05, 3.63) is 35.8 Å². The number of thiocarbonyl (C=S) groups is 1. The third-order valence-electron chi connectivity index (χ3n) is 2.20. The smallest absolute Gasteiger partial charge is 0.114 e. The van der Waals surface area contributed by atoms with Crippen LogP contribution in [0.25, 0.3) is 17.0 Å². The van der Waals surface area contributed by atoms with E-state index < -0.39 is 0 Å². The number of aromatic nitrogens is 2. The van der Waals surface area contributed by atoms with Gasteiger partial charge in [-0.2, -0.15) is 5.26 Å². The molecule has 0 aliphatic rings. The van der Waals surface area contributed by atoms with Gasteiger partial charge in [0.15, 0.2) is 0 Å². The van der Waals surface area contributed by atoms with Gasteiger partial charge in [0.1, 0.15) is 11.1 Å². The second-order valence-electron chi connectivity index (χ2n) is 3.20. The zero-order valence-electron chi connectivity index (χ0n) is 8.27. The van der Waals surface area contributed by atoms with E-state index in [2.05, 4.69) is 9.97 Å². The van der Waals surface area contributed by atoms with Crippen LogP contribution in [0.5, 0.6) is 0 Å². The first-order chi connectivity index (χ1) is 7.72. The summed E-state index contributed by atoms with van der Waals surface area (Å²) in [5, 5.41) is 9.84. The summed E-state index contributed by atoms with van der Waals surface area (Å²) >= 11 is 4.78. The van der Waals surface area contributed by atoms with E-state index in [4.69, 9.17) is 23.2 Å². The zero-order valence-corrected chi connectivity index (χ0v) is 9.08. The molecule has 2 rings (SSSR count). The van der Waals surface area contributed by atoms with Crippen LogP contribution in [-0.4, -0.2) is 15.0 Å². The van der Waals surface area contributed by atoms with E-state index in [1.807, 2.05) is 12.1 Å². The number of fused-ring (bicyclic) bond motifs is 1. The summed E-state index contributed by atoms with van der Waals surface area (Å²) in [5.74, 6) is 0. The molecule has 78 valence electrons. The molecule has 3 N–H and O–H groups in total. The summed E-state index contributed by atoms with van der Waals surface area (Å²) in [6.07, 6.45) is 6.88. The molecule has 0 aliphatic heterocycles. The first-order valence-corrected chi connectivity index (χ1v) is 4.96. The van der Waals surface area contributed by atoms with Gasteiger partial charge in [0, 0.05) is 23.3 Å². The van der Waals surface area contributed by atoms with Crippen molar-refractivity contribution in [1.82, 2.24) is 9.97 Å². The fourth-order valence-corrected chi connectivity index (χ4v) is 1.53. The van der Waals surface area contributed by atoms with Crippen molar-refractivity contribution in [3.63, 3.8) is 0 Å². The lowest BCUT2D eigenvalue weighted by molar-refractivity contribution is 1.34. The highest BCUT2D eigenvalue weighted by Crippen LogP contribution is 2.19. The molecule has 4 nitrogen and oxygen atoms in total. The van der Waals surface area contributed by atoms with Gasteiger partial charge in [-0.25, -0.2) is 0 Å². The van der Waals surface area contributed by atoms with Gasteiger partial charge in [-0.05, 0) is 12.1 Å². The predicted molar refractivity (Wildman–Crippen MR) is 66.5 cm³/mol. The molecule has 0 amide bonds. The van der Waals surface area contributed by atoms with Gasteiger partial charge in [0.05, 0.1) is 17.3 Å². The van der Waals surface area contributed by atoms with Crippen molar-refractivity contribution in [2.75, 3.05) is 0 Å². The van der Waals surface area contributed by atoms with E-state index in [9.17, 15) is 0 Å². The number of nitriles is 1. The highest BCUT2D eigenvalue weighted by molar-refractivity contribution is 7.80. The second kappa shape index (κ2) is 4.13. The van der Waals surface area contributed by atoms with Crippen molar-refractivity contribution in [2.45, 2.75) is 0 Å². The van der Waals surface area contributed by atoms with Crippen LogP contribution < -0.4 is 5.73 Å². The van der Waals surface area contributed by atoms with E-state index in [1.54, 1.807) is 24.7 Å². The summed E-state index contributed by atoms with van der Waals surface area (Å²) in [4.78, 5) is 7.15. The Bertz CT molecular complexity index is 618. The predicted octanol–water partition coefficient (Wildman–Crippen LogP) is 1.76. The molecule has 0 fully saturated rings. The molecule has 16 heavy (non-hydrogen) atoms. The van der Waals surface area contributed by atoms with E-state index >= 15 is 0 Å². The lowest BCUT2D eigenvalue weighted by atomic mass is 10.1. The van der Waals surface area contributed by atoms with Gasteiger partial charge in [0.2, 0.25) is 0 Å². The van der Waals surface area contributed by atoms with Gasteiger partial charge >= 0.3 is 0 Å². The Balaban J connectivity index is 2.57. The van der Waals surface area contributed by atoms with Crippen molar-refractivity contribution in [1.29, 1.82) is 5.26 Å². The molecular formula is C11H8N4S. The molecule has 0 radical (unpaired) electrons. The Kier molecular flexibility index (Phi) is 2.66. The lowest BCUT2D eigenvalue weighted by Crippen LogP contribution is -2.09. The largest absolute Gasteiger partial charge is 0.389 e. The van der Waals surface area contributed by atoms with E-state index in [-0.39, 0.29) is 4.99 Å². The Morgan fingerprint density at radius 2 is 2.44 bits per heavy atom. The molecule has 0 aliphatic carbocycles. The fourth-order valence-electron chi connectivity index (χ4n) is 1.43. The Hall–Kier alpha value is -2.19. The van der Waals surface area contributed by atoms with Gasteiger partial charge in [-0.1, -0.05) is 12.2 Å². The molecule has 0 atom stereocenters. The Labute approximate surface area is 97.4 Å². The van der Waals surface area contributed by atoms with Gasteiger partial charge in [0.25, 0.3) is 0 Å². The summed E-state index contributed by atoms with van der Waals surface area (Å²) in [6, 6.07) is 3.84. The van der Waals surface area contributed by atoms with Crippen LogP contribution in [0, 0.1) is 11.3 Å². The van der Waals surface area contributed by atoms with Crippen LogP contribution in [0.3, 0.4) is 0 Å². The molecule has 0 bridgehead atoms. The minimum absolute atomic E-state index is 0.103. The number of hydrogen-bond acceptors (Lipinski definition) is 3. The van der Waals surface area contributed by atoms with Crippen molar-refractivity contribution < 1.29 is 0 Å². The summed E-state index contributed by atoms with van der Waals surface area (Å²) in [6.45, 7) is 0. The molecular weight excluding hydrogens is 220 g/mol. The standard InChI is InChI=1S/C11H8N4S/c12-4-7(11(13)16)3-8-5-15-10-6-14-2-1-9(8)10/h1-3,5-6,15H,(H2,13,16)/b7-3-. The minimum atomic E-state index is 0.103. The van der Waals surface area contributed by atoms with Crippen LogP contribution in [0.4, 0.5) is 0 Å². The molecule has 2 aromatic heterocycles. The van der Waals surface area contributed by atoms with E-state index in [0.717, 1.165) is 16.5 Å². The Morgan fingerprint density at radius 3 is 3.12 bits per heavy atom. The summed E-state index contributed by atoms with van der Waals surface area (Å²) in [5.41, 5.74) is 7.51. The molecule has 2 heterocycles. The van der Waals surface area contributed by atoms with Crippen molar-refractivity contribution >= 4 is 34.2 Å². The quantitative estimate of drug-likeness (QED) is 0.466. The number of nitrogens with two attached hydrogens (primary N) is 1. The van der Waals surface area contributed by atoms with Gasteiger partial charge in [-0.3, -0.25) is 4.98 Å². The molecule has 0 unspecified atom stereocenters. The minimum Gasteiger partial charge on any atom is -0.389 e. The number of rotatable bonds is 2. The number of hydrogen-bond donors (Lipinski definition) is 2. The number of nitrogens with zero attached hydrogens (tertiary/aromatic N) is 2. The van der Waals surface area contributed by atoms with Gasteiger partial charge < -0.3 is 10.7 Å². The second-order valence-corrected chi connectivity index (χ2v) is 3.64. The summed E-state index contributed by atoms with van der Waals surface area (Å²) < 4.78 is 0. The van der Waals surface area contributed by atoms with Crippen LogP contribution in [0.15, 0.2) is 30.2 Å². The van der Waals surface area contributed by atoms with Gasteiger partial charge in [-0.15, -0.1) is 0 Å². The number of pyridine rings is 1. The average molecular weight is 228 g/mol. The average Bonchev–Trinajstić information content (AvgIpc) is 2.69. The highest BCUT2D eigenvalue weighted by atomic mass is 32.1. The van der Waals surface area contributed by atoms with Crippen LogP contribution in [-0.2, 0) is 0 Å². The normalized spacial score (nSPS) is 11.3. The van der Waals surface area contributed by atoms with Crippen LogP contribution in [0.1, 0.15) is 5.56 Å². The molecule has 0 spiro atoms. The molecule has 0 aromatic carbocycles. The topological polar surface area (TPSA) is 78.5 Å². The van der Waals surface area contributed by atoms with Crippen LogP contribution >= 0.6 is 12.2 Å². The molecule has 2 aromatic rings. The van der Waals surface area contributed by atoms with E-state index in [1.165, 1.54) is 0 Å². The molecule has 0 saturated carbocycles. The number of nitrogens with one attached hydrogen (secondary N) is 1. The van der Waals surface area contributed by atoms with Crippen LogP contribution in [0.2, 0.25) is 0 Å². The molecule has 0 saturated heterocycles. The summed E-state index contributed by atoms with van der Waals surface area (Å²) in [7, 11) is 0. The maximum Gasteiger partial charge on any atom is 0.114 e. The maximum absolute atomic E-state index is 8.86. The highest BCUT2D eigenvalue weighted by Gasteiger charge is 2.04. The SMILES string of the molecule is N#C/C(=C/c1c[nH]c2cnccc12)C(N)=S. The van der Waals surface area contributed by atoms with E-state index in [0.29, 0.717) is 5.57 Å². The number of H-pyrrole nitrogens is 1. The Morgan fingerprint density at radius 1 is 1.62 bits per heavy atom. The molecule has 5 heteroatoms. The lowest BCUT2D eigenvalue weighted by Gasteiger charge is -1.94. The third kappa shape index (κ3) is 1.78. The first-order valence-electron chi connectivity index (χ1n) is 4.55. The maximum atomic E-state index is 8.86. The zero-order chi connectivity index (χ0) is 11.5. The third-order valence-corrected chi connectivity index (χ3v) is 2.42. The first kappa shape index (κ1) is 10.3. The van der Waals surface area contributed by atoms with Crippen molar-refractivity contribution in [3.8, 4) is 6.07 Å². The van der Waals surface area contributed by atoms with Crippen molar-refractivity contribution in [2.24, 2.45) is 5.73 Å². The number of aromatic amines is 1. The fraction of sp³-hybridized carbons (Fsp3) is 0. The monoisotopic (exact) mass is 228 g/mol.